The monoisotopic (exact) mass is 343 g/mol. The van der Waals surface area contributed by atoms with Gasteiger partial charge in [0, 0.05) is 29.4 Å². The first-order valence-corrected chi connectivity index (χ1v) is 7.54. The predicted octanol–water partition coefficient (Wildman–Crippen LogP) is 3.29. The smallest absolute Gasteiger partial charge is 0.142 e. The maximum atomic E-state index is 8.96. The van der Waals surface area contributed by atoms with Crippen LogP contribution in [0.4, 0.5) is 5.69 Å². The number of anilines is 1. The summed E-state index contributed by atoms with van der Waals surface area (Å²) in [4.78, 5) is 6.25. The van der Waals surface area contributed by atoms with Crippen molar-refractivity contribution in [1.82, 2.24) is 4.98 Å². The number of benzene rings is 1. The number of nitrogens with zero attached hydrogens (tertiary/aromatic N) is 3. The third-order valence-electron chi connectivity index (χ3n) is 3.53. The van der Waals surface area contributed by atoms with E-state index in [1.165, 1.54) is 0 Å². The molecule has 0 unspecified atom stereocenters. The van der Waals surface area contributed by atoms with E-state index in [0.29, 0.717) is 12.3 Å². The van der Waals surface area contributed by atoms with Gasteiger partial charge in [-0.2, -0.15) is 5.26 Å². The highest BCUT2D eigenvalue weighted by Crippen LogP contribution is 2.27. The Morgan fingerprint density at radius 3 is 2.86 bits per heavy atom. The van der Waals surface area contributed by atoms with E-state index >= 15 is 0 Å². The fourth-order valence-electron chi connectivity index (χ4n) is 2.44. The van der Waals surface area contributed by atoms with E-state index in [0.717, 1.165) is 28.8 Å². The molecule has 1 aliphatic heterocycles. The molecular weight excluding hydrogens is 330 g/mol. The topological polar surface area (TPSA) is 49.2 Å². The van der Waals surface area contributed by atoms with E-state index < -0.39 is 0 Å². The van der Waals surface area contributed by atoms with Gasteiger partial charge in [-0.15, -0.1) is 0 Å². The van der Waals surface area contributed by atoms with Crippen LogP contribution in [0.3, 0.4) is 0 Å². The number of ether oxygens (including phenoxy) is 1. The Balaban J connectivity index is 1.79. The lowest BCUT2D eigenvalue weighted by Crippen LogP contribution is -2.38. The van der Waals surface area contributed by atoms with Crippen LogP contribution < -0.4 is 4.90 Å². The summed E-state index contributed by atoms with van der Waals surface area (Å²) >= 11 is 3.45. The third kappa shape index (κ3) is 3.23. The van der Waals surface area contributed by atoms with Gasteiger partial charge in [0.25, 0.3) is 0 Å². The molecule has 0 bridgehead atoms. The van der Waals surface area contributed by atoms with E-state index in [1.54, 1.807) is 6.20 Å². The summed E-state index contributed by atoms with van der Waals surface area (Å²) < 4.78 is 6.94. The second-order valence-electron chi connectivity index (χ2n) is 4.87. The van der Waals surface area contributed by atoms with Gasteiger partial charge >= 0.3 is 0 Å². The molecule has 0 aliphatic carbocycles. The van der Waals surface area contributed by atoms with Crippen molar-refractivity contribution in [3.63, 3.8) is 0 Å². The summed E-state index contributed by atoms with van der Waals surface area (Å²) in [6, 6.07) is 14.0. The summed E-state index contributed by atoms with van der Waals surface area (Å²) in [6.07, 6.45) is 1.73. The van der Waals surface area contributed by atoms with Gasteiger partial charge in [0.2, 0.25) is 0 Å². The minimum atomic E-state index is 0.0468. The van der Waals surface area contributed by atoms with E-state index in [1.807, 2.05) is 24.3 Å². The molecule has 3 rings (SSSR count). The van der Waals surface area contributed by atoms with Gasteiger partial charge in [-0.05, 0) is 29.8 Å². The average Bonchev–Trinajstić information content (AvgIpc) is 2.56. The fourth-order valence-corrected chi connectivity index (χ4v) is 2.70. The zero-order valence-corrected chi connectivity index (χ0v) is 13.0. The van der Waals surface area contributed by atoms with Crippen LogP contribution in [0.15, 0.2) is 47.1 Å². The van der Waals surface area contributed by atoms with Crippen LogP contribution in [0.2, 0.25) is 0 Å². The van der Waals surface area contributed by atoms with Crippen molar-refractivity contribution in [2.45, 2.75) is 6.10 Å². The molecular formula is C16H14BrN3O. The minimum Gasteiger partial charge on any atom is -0.370 e. The molecule has 1 aromatic heterocycles. The quantitative estimate of drug-likeness (QED) is 0.839. The molecule has 0 radical (unpaired) electrons. The second kappa shape index (κ2) is 6.25. The Hall–Kier alpha value is -1.90. The zero-order chi connectivity index (χ0) is 14.7. The number of pyridine rings is 1. The first-order valence-electron chi connectivity index (χ1n) is 6.74. The number of hydrogen-bond donors (Lipinski definition) is 0. The van der Waals surface area contributed by atoms with Crippen molar-refractivity contribution < 1.29 is 4.74 Å². The predicted molar refractivity (Wildman–Crippen MR) is 84.0 cm³/mol. The molecule has 0 spiro atoms. The van der Waals surface area contributed by atoms with Crippen LogP contribution in [0.5, 0.6) is 0 Å². The highest BCUT2D eigenvalue weighted by atomic mass is 79.9. The Morgan fingerprint density at radius 1 is 1.29 bits per heavy atom. The molecule has 106 valence electrons. The average molecular weight is 344 g/mol. The van der Waals surface area contributed by atoms with Crippen LogP contribution in [0.1, 0.15) is 17.4 Å². The number of rotatable bonds is 2. The molecule has 1 aromatic carbocycles. The summed E-state index contributed by atoms with van der Waals surface area (Å²) in [5.74, 6) is 0. The molecule has 21 heavy (non-hydrogen) atoms. The molecule has 2 heterocycles. The molecule has 1 fully saturated rings. The Bertz CT molecular complexity index is 666. The largest absolute Gasteiger partial charge is 0.370 e. The second-order valence-corrected chi connectivity index (χ2v) is 5.78. The molecule has 4 nitrogen and oxygen atoms in total. The Labute approximate surface area is 132 Å². The van der Waals surface area contributed by atoms with Crippen LogP contribution in [0.25, 0.3) is 0 Å². The zero-order valence-electron chi connectivity index (χ0n) is 11.4. The number of nitriles is 1. The minimum absolute atomic E-state index is 0.0468. The number of halogens is 1. The van der Waals surface area contributed by atoms with E-state index in [4.69, 9.17) is 10.00 Å². The molecule has 0 amide bonds. The van der Waals surface area contributed by atoms with Crippen LogP contribution >= 0.6 is 15.9 Å². The van der Waals surface area contributed by atoms with Crippen molar-refractivity contribution in [3.05, 3.63) is 58.3 Å². The Kier molecular flexibility index (Phi) is 4.18. The summed E-state index contributed by atoms with van der Waals surface area (Å²) in [5.41, 5.74) is 2.63. The molecule has 1 saturated heterocycles. The maximum absolute atomic E-state index is 8.96. The summed E-state index contributed by atoms with van der Waals surface area (Å²) in [5, 5.41) is 8.96. The number of hydrogen-bond acceptors (Lipinski definition) is 4. The van der Waals surface area contributed by atoms with Crippen molar-refractivity contribution in [2.24, 2.45) is 0 Å². The van der Waals surface area contributed by atoms with Gasteiger partial charge in [0.15, 0.2) is 0 Å². The van der Waals surface area contributed by atoms with Gasteiger partial charge in [-0.1, -0.05) is 28.1 Å². The van der Waals surface area contributed by atoms with Gasteiger partial charge in [-0.25, -0.2) is 4.98 Å². The van der Waals surface area contributed by atoms with E-state index in [-0.39, 0.29) is 6.10 Å². The number of aromatic nitrogens is 1. The van der Waals surface area contributed by atoms with Crippen LogP contribution in [-0.2, 0) is 4.74 Å². The lowest BCUT2D eigenvalue weighted by molar-refractivity contribution is 0.0398. The lowest BCUT2D eigenvalue weighted by Gasteiger charge is -2.34. The normalized spacial score (nSPS) is 18.3. The highest BCUT2D eigenvalue weighted by molar-refractivity contribution is 9.10. The highest BCUT2D eigenvalue weighted by Gasteiger charge is 2.22. The van der Waals surface area contributed by atoms with Crippen molar-refractivity contribution in [1.29, 1.82) is 5.26 Å². The summed E-state index contributed by atoms with van der Waals surface area (Å²) in [7, 11) is 0. The first-order chi connectivity index (χ1) is 10.3. The maximum Gasteiger partial charge on any atom is 0.142 e. The van der Waals surface area contributed by atoms with E-state index in [9.17, 15) is 0 Å². The summed E-state index contributed by atoms with van der Waals surface area (Å²) in [6.45, 7) is 2.27. The van der Waals surface area contributed by atoms with Crippen molar-refractivity contribution in [2.75, 3.05) is 24.6 Å². The molecule has 0 saturated carbocycles. The van der Waals surface area contributed by atoms with Gasteiger partial charge in [0.05, 0.1) is 6.61 Å². The van der Waals surface area contributed by atoms with E-state index in [2.05, 4.69) is 44.0 Å². The SMILES string of the molecule is N#Cc1cc(N2CCO[C@@H](c3ccc(Br)cc3)C2)ccn1. The molecule has 1 aliphatic rings. The van der Waals surface area contributed by atoms with Gasteiger partial charge < -0.3 is 9.64 Å². The van der Waals surface area contributed by atoms with Crippen LogP contribution in [0, 0.1) is 11.3 Å². The molecule has 0 N–H and O–H groups in total. The number of morpholine rings is 1. The van der Waals surface area contributed by atoms with Gasteiger partial charge in [0.1, 0.15) is 17.9 Å². The lowest BCUT2D eigenvalue weighted by atomic mass is 10.1. The van der Waals surface area contributed by atoms with Crippen molar-refractivity contribution in [3.8, 4) is 6.07 Å². The third-order valence-corrected chi connectivity index (χ3v) is 4.06. The molecule has 2 aromatic rings. The molecule has 1 atom stereocenters. The first kappa shape index (κ1) is 14.1. The standard InChI is InChI=1S/C16H14BrN3O/c17-13-3-1-12(2-4-13)16-11-20(7-8-21-16)15-5-6-19-14(9-15)10-18/h1-6,9,16H,7-8,11H2/t16-/m1/s1. The fraction of sp³-hybridized carbons (Fsp3) is 0.250. The van der Waals surface area contributed by atoms with Gasteiger partial charge in [-0.3, -0.25) is 0 Å². The Morgan fingerprint density at radius 2 is 2.10 bits per heavy atom. The molecule has 5 heteroatoms. The van der Waals surface area contributed by atoms with Crippen molar-refractivity contribution >= 4 is 21.6 Å². The van der Waals surface area contributed by atoms with Crippen LogP contribution in [-0.4, -0.2) is 24.7 Å².